The summed E-state index contributed by atoms with van der Waals surface area (Å²) in [7, 11) is 3.67. The van der Waals surface area contributed by atoms with Gasteiger partial charge in [-0.1, -0.05) is 5.57 Å². The lowest BCUT2D eigenvalue weighted by Crippen LogP contribution is -2.44. The van der Waals surface area contributed by atoms with E-state index in [1.807, 2.05) is 32.3 Å². The standard InChI is InChI=1S/C25H35FN6O/c1-17(2)20(7-10-27-5)25(28-6)24-19(4)21(22-8-11-29-32(22)12-9-26)15-23(30-24)31-13-14-33-16-18(31)3/h7-8,10-11,15,18,27H,9,12-14,16H2,1-6H3/b10-7-,28-25-/t18-/m1/s1. The van der Waals surface area contributed by atoms with Crippen LogP contribution >= 0.6 is 0 Å². The SMILES string of the molecule is C/N=C(/C(/C=C\NC)=C(C)C)c1nc(N2CCOC[C@H]2C)cc(-c2ccnn2CCF)c1C. The first kappa shape index (κ1) is 24.6. The zero-order valence-corrected chi connectivity index (χ0v) is 20.5. The van der Waals surface area contributed by atoms with Crippen LogP contribution in [-0.2, 0) is 11.3 Å². The van der Waals surface area contributed by atoms with E-state index in [1.165, 1.54) is 0 Å². The van der Waals surface area contributed by atoms with Gasteiger partial charge in [0.25, 0.3) is 0 Å². The first-order valence-electron chi connectivity index (χ1n) is 11.4. The molecule has 178 valence electrons. The van der Waals surface area contributed by atoms with E-state index >= 15 is 0 Å². The third kappa shape index (κ3) is 5.33. The van der Waals surface area contributed by atoms with Gasteiger partial charge in [-0.2, -0.15) is 5.10 Å². The fourth-order valence-electron chi connectivity index (χ4n) is 4.13. The van der Waals surface area contributed by atoms with Crippen molar-refractivity contribution in [1.82, 2.24) is 20.1 Å². The minimum atomic E-state index is -0.475. The van der Waals surface area contributed by atoms with E-state index in [0.29, 0.717) is 13.2 Å². The van der Waals surface area contributed by atoms with Crippen molar-refractivity contribution in [3.8, 4) is 11.3 Å². The molecule has 1 N–H and O–H groups in total. The van der Waals surface area contributed by atoms with Gasteiger partial charge in [-0.3, -0.25) is 9.67 Å². The Balaban J connectivity index is 2.26. The molecule has 1 fully saturated rings. The third-order valence-electron chi connectivity index (χ3n) is 5.87. The number of hydrogen-bond donors (Lipinski definition) is 1. The lowest BCUT2D eigenvalue weighted by molar-refractivity contribution is 0.0985. The maximum Gasteiger partial charge on any atom is 0.130 e. The van der Waals surface area contributed by atoms with Crippen LogP contribution in [0.2, 0.25) is 0 Å². The summed E-state index contributed by atoms with van der Waals surface area (Å²) in [5, 5.41) is 7.41. The lowest BCUT2D eigenvalue weighted by atomic mass is 9.95. The van der Waals surface area contributed by atoms with Crippen LogP contribution < -0.4 is 10.2 Å². The molecule has 2 aromatic heterocycles. The fraction of sp³-hybridized carbons (Fsp3) is 0.480. The molecule has 8 heteroatoms. The molecule has 0 aromatic carbocycles. The molecule has 1 aliphatic heterocycles. The third-order valence-corrected chi connectivity index (χ3v) is 5.87. The second-order valence-corrected chi connectivity index (χ2v) is 8.36. The summed E-state index contributed by atoms with van der Waals surface area (Å²) in [6.07, 6.45) is 5.64. The molecule has 3 heterocycles. The molecule has 0 radical (unpaired) electrons. The Morgan fingerprint density at radius 2 is 2.18 bits per heavy atom. The smallest absolute Gasteiger partial charge is 0.130 e. The number of nitrogens with zero attached hydrogens (tertiary/aromatic N) is 5. The van der Waals surface area contributed by atoms with Gasteiger partial charge in [0.2, 0.25) is 0 Å². The molecule has 0 spiro atoms. The monoisotopic (exact) mass is 454 g/mol. The van der Waals surface area contributed by atoms with E-state index in [2.05, 4.69) is 47.1 Å². The number of ether oxygens (including phenoxy) is 1. The van der Waals surface area contributed by atoms with Gasteiger partial charge < -0.3 is 15.0 Å². The van der Waals surface area contributed by atoms with Crippen molar-refractivity contribution in [3.63, 3.8) is 0 Å². The van der Waals surface area contributed by atoms with Crippen LogP contribution in [0.15, 0.2) is 46.7 Å². The largest absolute Gasteiger partial charge is 0.394 e. The molecule has 0 amide bonds. The molecule has 0 saturated carbocycles. The topological polar surface area (TPSA) is 67.6 Å². The molecule has 3 rings (SSSR count). The Morgan fingerprint density at radius 3 is 2.82 bits per heavy atom. The average molecular weight is 455 g/mol. The molecule has 1 saturated heterocycles. The highest BCUT2D eigenvalue weighted by atomic mass is 19.1. The average Bonchev–Trinajstić information content (AvgIpc) is 3.26. The predicted octanol–water partition coefficient (Wildman–Crippen LogP) is 3.94. The number of allylic oxidation sites excluding steroid dienone is 3. The molecular weight excluding hydrogens is 419 g/mol. The highest BCUT2D eigenvalue weighted by Crippen LogP contribution is 2.32. The molecule has 7 nitrogen and oxygen atoms in total. The molecule has 33 heavy (non-hydrogen) atoms. The summed E-state index contributed by atoms with van der Waals surface area (Å²) in [5.74, 6) is 0.862. The number of hydrogen-bond acceptors (Lipinski definition) is 6. The summed E-state index contributed by atoms with van der Waals surface area (Å²) >= 11 is 0. The Bertz CT molecular complexity index is 1050. The number of alkyl halides is 1. The molecule has 1 atom stereocenters. The van der Waals surface area contributed by atoms with E-state index in [1.54, 1.807) is 17.9 Å². The summed E-state index contributed by atoms with van der Waals surface area (Å²) in [4.78, 5) is 12.1. The zero-order chi connectivity index (χ0) is 24.0. The van der Waals surface area contributed by atoms with E-state index < -0.39 is 6.67 Å². The summed E-state index contributed by atoms with van der Waals surface area (Å²) in [6.45, 7) is 10.1. The maximum absolute atomic E-state index is 13.2. The Hall–Kier alpha value is -3.00. The van der Waals surface area contributed by atoms with Gasteiger partial charge in [0.1, 0.15) is 12.5 Å². The highest BCUT2D eigenvalue weighted by molar-refractivity contribution is 6.15. The summed E-state index contributed by atoms with van der Waals surface area (Å²) < 4.78 is 20.6. The second kappa shape index (κ2) is 11.2. The zero-order valence-electron chi connectivity index (χ0n) is 20.5. The fourth-order valence-corrected chi connectivity index (χ4v) is 4.13. The highest BCUT2D eigenvalue weighted by Gasteiger charge is 2.25. The molecule has 0 aliphatic carbocycles. The summed E-state index contributed by atoms with van der Waals surface area (Å²) in [6, 6.07) is 4.21. The first-order chi connectivity index (χ1) is 15.9. The number of aromatic nitrogens is 3. The number of pyridine rings is 1. The number of anilines is 1. The van der Waals surface area contributed by atoms with E-state index in [0.717, 1.165) is 51.7 Å². The normalized spacial score (nSPS) is 17.0. The Labute approximate surface area is 196 Å². The van der Waals surface area contributed by atoms with Crippen molar-refractivity contribution in [3.05, 3.63) is 53.0 Å². The molecular formula is C25H35FN6O. The molecule has 0 unspecified atom stereocenters. The maximum atomic E-state index is 13.2. The van der Waals surface area contributed by atoms with Crippen molar-refractivity contribution in [1.29, 1.82) is 0 Å². The van der Waals surface area contributed by atoms with Gasteiger partial charge in [-0.05, 0) is 57.7 Å². The second-order valence-electron chi connectivity index (χ2n) is 8.36. The molecule has 0 bridgehead atoms. The van der Waals surface area contributed by atoms with Crippen LogP contribution in [0.5, 0.6) is 0 Å². The van der Waals surface area contributed by atoms with Crippen molar-refractivity contribution < 1.29 is 9.13 Å². The van der Waals surface area contributed by atoms with Gasteiger partial charge in [-0.25, -0.2) is 9.37 Å². The van der Waals surface area contributed by atoms with Crippen molar-refractivity contribution in [2.24, 2.45) is 4.99 Å². The predicted molar refractivity (Wildman–Crippen MR) is 133 cm³/mol. The quantitative estimate of drug-likeness (QED) is 0.483. The van der Waals surface area contributed by atoms with Crippen molar-refractivity contribution in [2.45, 2.75) is 40.3 Å². The van der Waals surface area contributed by atoms with Crippen LogP contribution in [0.1, 0.15) is 32.0 Å². The Kier molecular flexibility index (Phi) is 8.38. The van der Waals surface area contributed by atoms with Crippen molar-refractivity contribution in [2.75, 3.05) is 45.4 Å². The first-order valence-corrected chi connectivity index (χ1v) is 11.4. The van der Waals surface area contributed by atoms with Crippen LogP contribution in [0, 0.1) is 6.92 Å². The molecule has 1 aliphatic rings. The number of halogens is 1. The minimum absolute atomic E-state index is 0.194. The van der Waals surface area contributed by atoms with Crippen molar-refractivity contribution >= 4 is 11.5 Å². The van der Waals surface area contributed by atoms with Gasteiger partial charge in [0, 0.05) is 38.0 Å². The number of rotatable bonds is 8. The van der Waals surface area contributed by atoms with Gasteiger partial charge in [0.15, 0.2) is 0 Å². The van der Waals surface area contributed by atoms with E-state index in [-0.39, 0.29) is 12.6 Å². The number of morpholine rings is 1. The number of aryl methyl sites for hydroxylation is 1. The number of nitrogens with one attached hydrogen (secondary N) is 1. The van der Waals surface area contributed by atoms with E-state index in [9.17, 15) is 4.39 Å². The van der Waals surface area contributed by atoms with Crippen LogP contribution in [0.3, 0.4) is 0 Å². The van der Waals surface area contributed by atoms with Gasteiger partial charge >= 0.3 is 0 Å². The van der Waals surface area contributed by atoms with Crippen LogP contribution in [-0.4, -0.2) is 67.0 Å². The van der Waals surface area contributed by atoms with E-state index in [4.69, 9.17) is 9.72 Å². The Morgan fingerprint density at radius 1 is 1.39 bits per heavy atom. The minimum Gasteiger partial charge on any atom is -0.394 e. The van der Waals surface area contributed by atoms with Gasteiger partial charge in [0.05, 0.1) is 42.9 Å². The molecule has 2 aromatic rings. The number of aliphatic imine (C=N–C) groups is 1. The van der Waals surface area contributed by atoms with Gasteiger partial charge in [-0.15, -0.1) is 0 Å². The lowest BCUT2D eigenvalue weighted by Gasteiger charge is -2.35. The van der Waals surface area contributed by atoms with Crippen LogP contribution in [0.4, 0.5) is 10.2 Å². The summed E-state index contributed by atoms with van der Waals surface area (Å²) in [5.41, 5.74) is 6.61. The van der Waals surface area contributed by atoms with Crippen LogP contribution in [0.25, 0.3) is 11.3 Å².